The summed E-state index contributed by atoms with van der Waals surface area (Å²) in [5, 5.41) is 6.25. The number of hydrogen-bond donors (Lipinski definition) is 1. The molecule has 17 heavy (non-hydrogen) atoms. The molecule has 86 valence electrons. The maximum Gasteiger partial charge on any atom is 0.274 e. The Morgan fingerprint density at radius 2 is 1.94 bits per heavy atom. The number of aromatic amines is 1. The second-order valence-corrected chi connectivity index (χ2v) is 3.95. The molecule has 0 atom stereocenters. The van der Waals surface area contributed by atoms with E-state index in [0.29, 0.717) is 12.0 Å². The molecule has 0 unspecified atom stereocenters. The van der Waals surface area contributed by atoms with Crippen molar-refractivity contribution in [1.82, 2.24) is 10.2 Å². The summed E-state index contributed by atoms with van der Waals surface area (Å²) in [5.41, 5.74) is 3.43. The van der Waals surface area contributed by atoms with Crippen LogP contribution in [0.5, 0.6) is 0 Å². The zero-order valence-corrected chi connectivity index (χ0v) is 9.65. The van der Waals surface area contributed by atoms with Gasteiger partial charge in [-0.1, -0.05) is 12.1 Å². The summed E-state index contributed by atoms with van der Waals surface area (Å²) in [7, 11) is 0. The van der Waals surface area contributed by atoms with E-state index in [-0.39, 0.29) is 5.56 Å². The summed E-state index contributed by atoms with van der Waals surface area (Å²) in [6.07, 6.45) is 0.533. The van der Waals surface area contributed by atoms with E-state index in [9.17, 15) is 9.59 Å². The lowest BCUT2D eigenvalue weighted by Gasteiger charge is -2.04. The summed E-state index contributed by atoms with van der Waals surface area (Å²) in [6, 6.07) is 7.37. The molecule has 4 heteroatoms. The van der Waals surface area contributed by atoms with Gasteiger partial charge in [0.25, 0.3) is 5.56 Å². The summed E-state index contributed by atoms with van der Waals surface area (Å²) >= 11 is 0. The van der Waals surface area contributed by atoms with Gasteiger partial charge >= 0.3 is 0 Å². The normalized spacial score (nSPS) is 10.2. The third-order valence-corrected chi connectivity index (χ3v) is 2.76. The van der Waals surface area contributed by atoms with Crippen molar-refractivity contribution in [2.24, 2.45) is 0 Å². The van der Waals surface area contributed by atoms with Crippen LogP contribution in [0, 0.1) is 13.8 Å². The lowest BCUT2D eigenvalue weighted by atomic mass is 10.0. The third kappa shape index (κ3) is 2.15. The van der Waals surface area contributed by atoms with Crippen molar-refractivity contribution in [3.05, 3.63) is 51.3 Å². The van der Waals surface area contributed by atoms with Gasteiger partial charge in [-0.25, -0.2) is 5.10 Å². The maximum absolute atomic E-state index is 11.2. The Bertz CT molecular complexity index is 630. The first kappa shape index (κ1) is 11.3. The van der Waals surface area contributed by atoms with Gasteiger partial charge in [-0.05, 0) is 37.1 Å². The van der Waals surface area contributed by atoms with Gasteiger partial charge in [0.1, 0.15) is 0 Å². The average molecular weight is 228 g/mol. The first-order valence-corrected chi connectivity index (χ1v) is 5.24. The van der Waals surface area contributed by atoms with E-state index in [1.54, 1.807) is 0 Å². The molecule has 1 heterocycles. The van der Waals surface area contributed by atoms with Gasteiger partial charge < -0.3 is 0 Å². The topological polar surface area (TPSA) is 62.8 Å². The second kappa shape index (κ2) is 4.33. The van der Waals surface area contributed by atoms with Crippen LogP contribution in [-0.4, -0.2) is 16.5 Å². The molecule has 0 saturated heterocycles. The largest absolute Gasteiger partial charge is 0.298 e. The Hall–Kier alpha value is -2.23. The molecule has 0 aliphatic rings. The molecule has 0 aliphatic carbocycles. The number of nitrogens with zero attached hydrogens (tertiary/aromatic N) is 1. The first-order valence-electron chi connectivity index (χ1n) is 5.24. The standard InChI is InChI=1S/C13H12N2O2/c1-8-3-4-10(5-9(8)2)12-6-11(7-16)13(17)15-14-12/h3-7H,1-2H3,(H,15,17). The van der Waals surface area contributed by atoms with E-state index < -0.39 is 5.56 Å². The van der Waals surface area contributed by atoms with Gasteiger partial charge in [-0.15, -0.1) is 0 Å². The van der Waals surface area contributed by atoms with Crippen LogP contribution in [0.15, 0.2) is 29.1 Å². The van der Waals surface area contributed by atoms with Crippen LogP contribution >= 0.6 is 0 Å². The minimum atomic E-state index is -0.465. The molecule has 2 rings (SSSR count). The molecule has 2 aromatic rings. The number of H-pyrrole nitrogens is 1. The minimum absolute atomic E-state index is 0.0910. The zero-order valence-electron chi connectivity index (χ0n) is 9.65. The molecule has 0 saturated carbocycles. The molecular weight excluding hydrogens is 216 g/mol. The molecule has 0 radical (unpaired) electrons. The van der Waals surface area contributed by atoms with Crippen molar-refractivity contribution < 1.29 is 4.79 Å². The Labute approximate surface area is 98.3 Å². The van der Waals surface area contributed by atoms with E-state index >= 15 is 0 Å². The zero-order chi connectivity index (χ0) is 12.4. The van der Waals surface area contributed by atoms with Crippen molar-refractivity contribution in [1.29, 1.82) is 0 Å². The monoisotopic (exact) mass is 228 g/mol. The predicted octanol–water partition coefficient (Wildman–Crippen LogP) is 1.87. The lowest BCUT2D eigenvalue weighted by Crippen LogP contribution is -2.13. The van der Waals surface area contributed by atoms with Crippen molar-refractivity contribution in [2.45, 2.75) is 13.8 Å². The quantitative estimate of drug-likeness (QED) is 0.798. The van der Waals surface area contributed by atoms with Crippen LogP contribution in [0.1, 0.15) is 21.5 Å². The molecule has 0 fully saturated rings. The highest BCUT2D eigenvalue weighted by Crippen LogP contribution is 2.19. The van der Waals surface area contributed by atoms with Gasteiger partial charge in [-0.2, -0.15) is 5.10 Å². The van der Waals surface area contributed by atoms with Gasteiger partial charge in [-0.3, -0.25) is 9.59 Å². The van der Waals surface area contributed by atoms with E-state index in [2.05, 4.69) is 10.2 Å². The SMILES string of the molecule is Cc1ccc(-c2cc(C=O)c(=O)[nH]n2)cc1C. The van der Waals surface area contributed by atoms with Crippen molar-refractivity contribution in [3.63, 3.8) is 0 Å². The Morgan fingerprint density at radius 3 is 2.59 bits per heavy atom. The van der Waals surface area contributed by atoms with E-state index in [4.69, 9.17) is 0 Å². The molecule has 4 nitrogen and oxygen atoms in total. The van der Waals surface area contributed by atoms with Crippen LogP contribution in [0.25, 0.3) is 11.3 Å². The Morgan fingerprint density at radius 1 is 1.18 bits per heavy atom. The van der Waals surface area contributed by atoms with Gasteiger partial charge in [0.05, 0.1) is 11.3 Å². The molecule has 0 bridgehead atoms. The molecule has 1 aromatic heterocycles. The predicted molar refractivity (Wildman–Crippen MR) is 65.2 cm³/mol. The smallest absolute Gasteiger partial charge is 0.274 e. The number of hydrogen-bond acceptors (Lipinski definition) is 3. The maximum atomic E-state index is 11.2. The van der Waals surface area contributed by atoms with Crippen LogP contribution in [0.4, 0.5) is 0 Å². The van der Waals surface area contributed by atoms with Crippen LogP contribution in [-0.2, 0) is 0 Å². The number of carbonyl (C=O) groups is 1. The van der Waals surface area contributed by atoms with Crippen LogP contribution in [0.3, 0.4) is 0 Å². The summed E-state index contributed by atoms with van der Waals surface area (Å²) in [6.45, 7) is 4.03. The highest BCUT2D eigenvalue weighted by atomic mass is 16.1. The van der Waals surface area contributed by atoms with Crippen molar-refractivity contribution >= 4 is 6.29 Å². The summed E-state index contributed by atoms with van der Waals surface area (Å²) < 4.78 is 0. The number of aldehydes is 1. The first-order chi connectivity index (χ1) is 8.11. The van der Waals surface area contributed by atoms with Crippen LogP contribution in [0.2, 0.25) is 0 Å². The summed E-state index contributed by atoms with van der Waals surface area (Å²) in [5.74, 6) is 0. The molecule has 0 aliphatic heterocycles. The van der Waals surface area contributed by atoms with E-state index in [1.807, 2.05) is 32.0 Å². The van der Waals surface area contributed by atoms with Crippen molar-refractivity contribution in [3.8, 4) is 11.3 Å². The second-order valence-electron chi connectivity index (χ2n) is 3.95. The van der Waals surface area contributed by atoms with Gasteiger partial charge in [0, 0.05) is 5.56 Å². The van der Waals surface area contributed by atoms with Crippen molar-refractivity contribution in [2.75, 3.05) is 0 Å². The summed E-state index contributed by atoms with van der Waals surface area (Å²) in [4.78, 5) is 21.9. The lowest BCUT2D eigenvalue weighted by molar-refractivity contribution is 0.112. The van der Waals surface area contributed by atoms with Crippen LogP contribution < -0.4 is 5.56 Å². The molecule has 0 amide bonds. The average Bonchev–Trinajstić information content (AvgIpc) is 2.33. The Balaban J connectivity index is 2.56. The molecule has 1 N–H and O–H groups in total. The van der Waals surface area contributed by atoms with Gasteiger partial charge in [0.15, 0.2) is 6.29 Å². The molecular formula is C13H12N2O2. The minimum Gasteiger partial charge on any atom is -0.298 e. The van der Waals surface area contributed by atoms with E-state index in [0.717, 1.165) is 11.1 Å². The number of aryl methyl sites for hydroxylation is 2. The molecule has 1 aromatic carbocycles. The number of carbonyl (C=O) groups excluding carboxylic acids is 1. The van der Waals surface area contributed by atoms with Gasteiger partial charge in [0.2, 0.25) is 0 Å². The number of benzene rings is 1. The fraction of sp³-hybridized carbons (Fsp3) is 0.154. The molecule has 0 spiro atoms. The third-order valence-electron chi connectivity index (χ3n) is 2.76. The Kier molecular flexibility index (Phi) is 2.87. The fourth-order valence-corrected chi connectivity index (χ4v) is 1.56. The highest BCUT2D eigenvalue weighted by molar-refractivity contribution is 5.76. The number of rotatable bonds is 2. The van der Waals surface area contributed by atoms with E-state index in [1.165, 1.54) is 11.6 Å². The fourth-order valence-electron chi connectivity index (χ4n) is 1.56. The number of nitrogens with one attached hydrogen (secondary N) is 1. The number of aromatic nitrogens is 2. The highest BCUT2D eigenvalue weighted by Gasteiger charge is 2.05.